The molecule has 0 aromatic heterocycles. The molecule has 1 aliphatic heterocycles. The molecule has 0 unspecified atom stereocenters. The van der Waals surface area contributed by atoms with Gasteiger partial charge in [-0.1, -0.05) is 60.7 Å². The molecule has 1 saturated heterocycles. The summed E-state index contributed by atoms with van der Waals surface area (Å²) in [6, 6.07) is 21.2. The summed E-state index contributed by atoms with van der Waals surface area (Å²) < 4.78 is 0. The van der Waals surface area contributed by atoms with Crippen molar-refractivity contribution >= 4 is 17.7 Å². The van der Waals surface area contributed by atoms with Gasteiger partial charge >= 0.3 is 5.97 Å². The highest BCUT2D eigenvalue weighted by Crippen LogP contribution is 2.41. The van der Waals surface area contributed by atoms with E-state index in [2.05, 4.69) is 63.7 Å². The van der Waals surface area contributed by atoms with E-state index in [1.807, 2.05) is 12.1 Å². The highest BCUT2D eigenvalue weighted by molar-refractivity contribution is 5.94. The average Bonchev–Trinajstić information content (AvgIpc) is 2.77. The van der Waals surface area contributed by atoms with E-state index in [1.165, 1.54) is 18.1 Å². The monoisotopic (exact) mass is 408 g/mol. The van der Waals surface area contributed by atoms with E-state index >= 15 is 0 Å². The first-order valence-electron chi connectivity index (χ1n) is 10.3. The number of rotatable bonds is 7. The predicted octanol–water partition coefficient (Wildman–Crippen LogP) is 3.01. The second-order valence-electron chi connectivity index (χ2n) is 7.78. The molecule has 1 aliphatic rings. The number of Topliss-reactive ketones (excluding diaryl/α,β-unsaturated/α-hetero) is 1. The van der Waals surface area contributed by atoms with Gasteiger partial charge in [0, 0.05) is 18.4 Å². The topological polar surface area (TPSA) is 75.7 Å². The number of ketones is 1. The summed E-state index contributed by atoms with van der Waals surface area (Å²) in [4.78, 5) is 41.0. The number of hydrogen-bond donors (Lipinski definition) is 1. The molecule has 158 valence electrons. The molecule has 6 heteroatoms. The molecule has 1 heterocycles. The number of hydrogen-bond acceptors (Lipinski definition) is 5. The minimum atomic E-state index is -0.746. The SMILES string of the molecule is CC(=O)CC(=O)ONC(=O)CCN1CCC(c2ccccc2)(c2ccccc2)CC1. The van der Waals surface area contributed by atoms with Crippen LogP contribution < -0.4 is 5.48 Å². The van der Waals surface area contributed by atoms with Crippen molar-refractivity contribution in [2.24, 2.45) is 0 Å². The van der Waals surface area contributed by atoms with E-state index in [0.29, 0.717) is 6.54 Å². The maximum Gasteiger partial charge on any atom is 0.339 e. The number of nitrogens with one attached hydrogen (secondary N) is 1. The van der Waals surface area contributed by atoms with Crippen LogP contribution >= 0.6 is 0 Å². The summed E-state index contributed by atoms with van der Waals surface area (Å²) in [5, 5.41) is 0. The number of amides is 1. The minimum absolute atomic E-state index is 0.0243. The Labute approximate surface area is 177 Å². The number of nitrogens with zero attached hydrogens (tertiary/aromatic N) is 1. The Morgan fingerprint density at radius 3 is 1.97 bits per heavy atom. The van der Waals surface area contributed by atoms with Crippen molar-refractivity contribution in [2.45, 2.75) is 38.0 Å². The highest BCUT2D eigenvalue weighted by Gasteiger charge is 2.37. The Morgan fingerprint density at radius 2 is 1.47 bits per heavy atom. The zero-order chi connectivity index (χ0) is 21.4. The Bertz CT molecular complexity index is 818. The van der Waals surface area contributed by atoms with Gasteiger partial charge in [0.15, 0.2) is 0 Å². The van der Waals surface area contributed by atoms with Crippen molar-refractivity contribution in [1.82, 2.24) is 10.4 Å². The van der Waals surface area contributed by atoms with E-state index in [1.54, 1.807) is 0 Å². The van der Waals surface area contributed by atoms with Gasteiger partial charge in [0.2, 0.25) is 0 Å². The van der Waals surface area contributed by atoms with Crippen LogP contribution in [0.4, 0.5) is 0 Å². The lowest BCUT2D eigenvalue weighted by atomic mass is 9.68. The fraction of sp³-hybridized carbons (Fsp3) is 0.375. The van der Waals surface area contributed by atoms with Gasteiger partial charge in [-0.2, -0.15) is 5.48 Å². The molecule has 2 aromatic carbocycles. The van der Waals surface area contributed by atoms with Gasteiger partial charge in [0.1, 0.15) is 12.2 Å². The minimum Gasteiger partial charge on any atom is -0.340 e. The normalized spacial score (nSPS) is 15.9. The van der Waals surface area contributed by atoms with Gasteiger partial charge in [0.05, 0.1) is 0 Å². The Hall–Kier alpha value is -2.99. The third-order valence-electron chi connectivity index (χ3n) is 5.69. The van der Waals surface area contributed by atoms with Crippen molar-refractivity contribution < 1.29 is 19.2 Å². The molecule has 0 spiro atoms. The van der Waals surface area contributed by atoms with Crippen LogP contribution in [0.1, 0.15) is 43.7 Å². The van der Waals surface area contributed by atoms with Gasteiger partial charge in [-0.15, -0.1) is 0 Å². The maximum atomic E-state index is 11.9. The largest absolute Gasteiger partial charge is 0.340 e. The molecule has 1 amide bonds. The van der Waals surface area contributed by atoms with Crippen molar-refractivity contribution in [3.05, 3.63) is 71.8 Å². The van der Waals surface area contributed by atoms with Gasteiger partial charge in [-0.25, -0.2) is 4.79 Å². The van der Waals surface area contributed by atoms with E-state index in [-0.39, 0.29) is 29.9 Å². The molecule has 1 fully saturated rings. The van der Waals surface area contributed by atoms with Crippen molar-refractivity contribution in [3.8, 4) is 0 Å². The van der Waals surface area contributed by atoms with Gasteiger partial charge in [-0.05, 0) is 44.0 Å². The van der Waals surface area contributed by atoms with Crippen molar-refractivity contribution in [2.75, 3.05) is 19.6 Å². The molecule has 0 atom stereocenters. The first kappa shape index (κ1) is 21.7. The van der Waals surface area contributed by atoms with Crippen LogP contribution in [-0.4, -0.2) is 42.2 Å². The number of likely N-dealkylation sites (tertiary alicyclic amines) is 1. The van der Waals surface area contributed by atoms with Crippen LogP contribution in [0.5, 0.6) is 0 Å². The van der Waals surface area contributed by atoms with E-state index in [9.17, 15) is 14.4 Å². The summed E-state index contributed by atoms with van der Waals surface area (Å²) in [6.45, 7) is 3.64. The summed E-state index contributed by atoms with van der Waals surface area (Å²) in [7, 11) is 0. The number of piperidine rings is 1. The van der Waals surface area contributed by atoms with E-state index in [0.717, 1.165) is 25.9 Å². The lowest BCUT2D eigenvalue weighted by Gasteiger charge is -2.43. The highest BCUT2D eigenvalue weighted by atomic mass is 16.7. The zero-order valence-electron chi connectivity index (χ0n) is 17.3. The van der Waals surface area contributed by atoms with Crippen LogP contribution in [-0.2, 0) is 24.6 Å². The Morgan fingerprint density at radius 1 is 0.933 bits per heavy atom. The van der Waals surface area contributed by atoms with Crippen LogP contribution in [0.25, 0.3) is 0 Å². The number of benzene rings is 2. The van der Waals surface area contributed by atoms with Crippen LogP contribution in [0, 0.1) is 0 Å². The zero-order valence-corrected chi connectivity index (χ0v) is 17.3. The Kier molecular flexibility index (Phi) is 7.36. The van der Waals surface area contributed by atoms with E-state index in [4.69, 9.17) is 0 Å². The molecule has 0 aliphatic carbocycles. The molecule has 30 heavy (non-hydrogen) atoms. The maximum absolute atomic E-state index is 11.9. The number of carbonyl (C=O) groups excluding carboxylic acids is 3. The first-order valence-corrected chi connectivity index (χ1v) is 10.3. The molecule has 2 aromatic rings. The van der Waals surface area contributed by atoms with Crippen LogP contribution in [0.15, 0.2) is 60.7 Å². The third-order valence-corrected chi connectivity index (χ3v) is 5.69. The molecule has 1 N–H and O–H groups in total. The second kappa shape index (κ2) is 10.2. The number of hydroxylamine groups is 1. The van der Waals surface area contributed by atoms with Crippen LogP contribution in [0.2, 0.25) is 0 Å². The predicted molar refractivity (Wildman–Crippen MR) is 113 cm³/mol. The average molecular weight is 408 g/mol. The van der Waals surface area contributed by atoms with Crippen molar-refractivity contribution in [1.29, 1.82) is 0 Å². The molecule has 0 radical (unpaired) electrons. The summed E-state index contributed by atoms with van der Waals surface area (Å²) in [5.41, 5.74) is 4.75. The standard InChI is InChI=1S/C24H28N2O4/c1-19(27)18-23(29)30-25-22(28)12-15-26-16-13-24(14-17-26,20-8-4-2-5-9-20)21-10-6-3-7-11-21/h2-11H,12-18H2,1H3,(H,25,28). The summed E-state index contributed by atoms with van der Waals surface area (Å²) in [5.74, 6) is -1.41. The number of carbonyl (C=O) groups is 3. The molecule has 6 nitrogen and oxygen atoms in total. The molecule has 3 rings (SSSR count). The summed E-state index contributed by atoms with van der Waals surface area (Å²) >= 11 is 0. The smallest absolute Gasteiger partial charge is 0.339 e. The van der Waals surface area contributed by atoms with Gasteiger partial charge in [0.25, 0.3) is 5.91 Å². The van der Waals surface area contributed by atoms with Gasteiger partial charge < -0.3 is 9.74 Å². The van der Waals surface area contributed by atoms with E-state index < -0.39 is 5.97 Å². The fourth-order valence-electron chi connectivity index (χ4n) is 4.08. The third kappa shape index (κ3) is 5.54. The molecule has 0 bridgehead atoms. The van der Waals surface area contributed by atoms with Crippen LogP contribution in [0.3, 0.4) is 0 Å². The van der Waals surface area contributed by atoms with Crippen molar-refractivity contribution in [3.63, 3.8) is 0 Å². The Balaban J connectivity index is 1.55. The molecular formula is C24H28N2O4. The molecular weight excluding hydrogens is 380 g/mol. The lowest BCUT2D eigenvalue weighted by molar-refractivity contribution is -0.159. The first-order chi connectivity index (χ1) is 14.5. The quantitative estimate of drug-likeness (QED) is 0.563. The fourth-order valence-corrected chi connectivity index (χ4v) is 4.08. The van der Waals surface area contributed by atoms with Gasteiger partial charge in [-0.3, -0.25) is 9.59 Å². The second-order valence-corrected chi connectivity index (χ2v) is 7.78. The summed E-state index contributed by atoms with van der Waals surface area (Å²) in [6.07, 6.45) is 1.83. The molecule has 0 saturated carbocycles. The lowest BCUT2D eigenvalue weighted by Crippen LogP contribution is -2.44.